The topological polar surface area (TPSA) is 56.3 Å². The van der Waals surface area contributed by atoms with Gasteiger partial charge in [-0.15, -0.1) is 10.2 Å². The molecular formula is C16H22N4O2. The predicted octanol–water partition coefficient (Wildman–Crippen LogP) is 1.86. The molecule has 2 aromatic rings. The summed E-state index contributed by atoms with van der Waals surface area (Å²) in [6, 6.07) is 4.63. The van der Waals surface area contributed by atoms with Gasteiger partial charge < -0.3 is 13.7 Å². The molecule has 0 bridgehead atoms. The van der Waals surface area contributed by atoms with Gasteiger partial charge in [-0.1, -0.05) is 0 Å². The van der Waals surface area contributed by atoms with Crippen molar-refractivity contribution in [3.05, 3.63) is 36.3 Å². The van der Waals surface area contributed by atoms with E-state index in [0.29, 0.717) is 18.1 Å². The van der Waals surface area contributed by atoms with E-state index >= 15 is 0 Å². The average molecular weight is 302 g/mol. The molecule has 1 aliphatic carbocycles. The Morgan fingerprint density at radius 1 is 1.23 bits per heavy atom. The molecule has 0 unspecified atom stereocenters. The lowest BCUT2D eigenvalue weighted by Gasteiger charge is -2.38. The summed E-state index contributed by atoms with van der Waals surface area (Å²) in [5.74, 6) is 2.58. The molecule has 2 aliphatic rings. The van der Waals surface area contributed by atoms with E-state index in [1.165, 1.54) is 12.8 Å². The monoisotopic (exact) mass is 302 g/mol. The Balaban J connectivity index is 1.44. The van der Waals surface area contributed by atoms with Crippen molar-refractivity contribution in [2.75, 3.05) is 13.2 Å². The Labute approximate surface area is 130 Å². The van der Waals surface area contributed by atoms with Crippen molar-refractivity contribution >= 4 is 0 Å². The lowest BCUT2D eigenvalue weighted by molar-refractivity contribution is -0.0801. The van der Waals surface area contributed by atoms with Crippen molar-refractivity contribution in [1.82, 2.24) is 19.7 Å². The number of rotatable bonds is 4. The highest BCUT2D eigenvalue weighted by molar-refractivity contribution is 5.06. The third kappa shape index (κ3) is 2.68. The van der Waals surface area contributed by atoms with E-state index in [1.54, 1.807) is 12.7 Å². The third-order valence-electron chi connectivity index (χ3n) is 4.90. The van der Waals surface area contributed by atoms with Gasteiger partial charge in [0.2, 0.25) is 0 Å². The van der Waals surface area contributed by atoms with E-state index in [2.05, 4.69) is 25.7 Å². The maximum absolute atomic E-state index is 6.11. The molecule has 2 fully saturated rings. The Morgan fingerprint density at radius 2 is 2.09 bits per heavy atom. The van der Waals surface area contributed by atoms with Crippen LogP contribution in [-0.4, -0.2) is 45.0 Å². The van der Waals surface area contributed by atoms with Crippen LogP contribution < -0.4 is 0 Å². The van der Waals surface area contributed by atoms with Crippen LogP contribution in [0, 0.1) is 12.8 Å². The highest BCUT2D eigenvalue weighted by atomic mass is 16.5. The fourth-order valence-corrected chi connectivity index (χ4v) is 3.89. The highest BCUT2D eigenvalue weighted by Gasteiger charge is 2.42. The standard InChI is InChI=1S/C16H22N4O2/c1-12-2-4-14(22-12)9-20-6-7-21-16-13(3-5-15(16)20)8-19-10-17-18-11-19/h2,4,10-11,13,15-16H,3,5-9H2,1H3/t13-,15+,16-/m1/s1. The Bertz CT molecular complexity index is 609. The molecule has 3 atom stereocenters. The van der Waals surface area contributed by atoms with Gasteiger partial charge in [0.05, 0.1) is 19.3 Å². The van der Waals surface area contributed by atoms with Crippen LogP contribution in [0.4, 0.5) is 0 Å². The van der Waals surface area contributed by atoms with E-state index in [1.807, 2.05) is 13.0 Å². The van der Waals surface area contributed by atoms with Gasteiger partial charge in [0.25, 0.3) is 0 Å². The first-order valence-corrected chi connectivity index (χ1v) is 8.03. The summed E-state index contributed by atoms with van der Waals surface area (Å²) in [5.41, 5.74) is 0. The molecule has 22 heavy (non-hydrogen) atoms. The fourth-order valence-electron chi connectivity index (χ4n) is 3.89. The van der Waals surface area contributed by atoms with Crippen molar-refractivity contribution in [2.45, 2.75) is 45.0 Å². The van der Waals surface area contributed by atoms with Crippen LogP contribution in [0.2, 0.25) is 0 Å². The third-order valence-corrected chi connectivity index (χ3v) is 4.90. The SMILES string of the molecule is Cc1ccc(CN2CCO[C@@H]3[C@@H](Cn4cnnc4)CC[C@@H]32)o1. The zero-order valence-corrected chi connectivity index (χ0v) is 12.9. The molecule has 0 amide bonds. The Hall–Kier alpha value is -1.66. The molecule has 3 heterocycles. The van der Waals surface area contributed by atoms with Crippen LogP contribution in [0.25, 0.3) is 0 Å². The van der Waals surface area contributed by atoms with Crippen LogP contribution in [0.3, 0.4) is 0 Å². The van der Waals surface area contributed by atoms with Gasteiger partial charge in [0.1, 0.15) is 24.2 Å². The minimum Gasteiger partial charge on any atom is -0.465 e. The smallest absolute Gasteiger partial charge is 0.119 e. The highest BCUT2D eigenvalue weighted by Crippen LogP contribution is 2.36. The van der Waals surface area contributed by atoms with Gasteiger partial charge >= 0.3 is 0 Å². The van der Waals surface area contributed by atoms with Crippen molar-refractivity contribution in [2.24, 2.45) is 5.92 Å². The maximum atomic E-state index is 6.11. The minimum atomic E-state index is 0.312. The molecular weight excluding hydrogens is 280 g/mol. The molecule has 4 rings (SSSR count). The maximum Gasteiger partial charge on any atom is 0.119 e. The van der Waals surface area contributed by atoms with E-state index < -0.39 is 0 Å². The van der Waals surface area contributed by atoms with Gasteiger partial charge in [-0.05, 0) is 31.9 Å². The van der Waals surface area contributed by atoms with Gasteiger partial charge in [-0.25, -0.2) is 0 Å². The molecule has 0 spiro atoms. The van der Waals surface area contributed by atoms with E-state index in [-0.39, 0.29) is 0 Å². The summed E-state index contributed by atoms with van der Waals surface area (Å²) >= 11 is 0. The second kappa shape index (κ2) is 5.85. The largest absolute Gasteiger partial charge is 0.465 e. The molecule has 0 N–H and O–H groups in total. The molecule has 1 aliphatic heterocycles. The lowest BCUT2D eigenvalue weighted by Crippen LogP contribution is -2.50. The first-order chi connectivity index (χ1) is 10.8. The molecule has 6 nitrogen and oxygen atoms in total. The van der Waals surface area contributed by atoms with E-state index in [9.17, 15) is 0 Å². The van der Waals surface area contributed by atoms with Crippen molar-refractivity contribution in [3.63, 3.8) is 0 Å². The van der Waals surface area contributed by atoms with Gasteiger partial charge in [0, 0.05) is 25.0 Å². The van der Waals surface area contributed by atoms with Gasteiger partial charge in [0.15, 0.2) is 0 Å². The number of fused-ring (bicyclic) bond motifs is 1. The number of morpholine rings is 1. The summed E-state index contributed by atoms with van der Waals surface area (Å²) in [6.07, 6.45) is 6.28. The average Bonchev–Trinajstić information content (AvgIpc) is 3.23. The lowest BCUT2D eigenvalue weighted by atomic mass is 10.0. The van der Waals surface area contributed by atoms with Crippen molar-refractivity contribution in [1.29, 1.82) is 0 Å². The first kappa shape index (κ1) is 14.0. The van der Waals surface area contributed by atoms with E-state index in [4.69, 9.17) is 9.15 Å². The quantitative estimate of drug-likeness (QED) is 0.863. The molecule has 1 saturated carbocycles. The molecule has 6 heteroatoms. The van der Waals surface area contributed by atoms with Crippen LogP contribution in [0.1, 0.15) is 24.4 Å². The summed E-state index contributed by atoms with van der Waals surface area (Å²) < 4.78 is 13.9. The molecule has 118 valence electrons. The van der Waals surface area contributed by atoms with Crippen LogP contribution in [0.5, 0.6) is 0 Å². The molecule has 0 radical (unpaired) electrons. The number of hydrogen-bond acceptors (Lipinski definition) is 5. The number of ether oxygens (including phenoxy) is 1. The van der Waals surface area contributed by atoms with Crippen molar-refractivity contribution < 1.29 is 9.15 Å². The Morgan fingerprint density at radius 3 is 2.86 bits per heavy atom. The molecule has 0 aromatic carbocycles. The number of aromatic nitrogens is 3. The van der Waals surface area contributed by atoms with Crippen LogP contribution >= 0.6 is 0 Å². The number of aryl methyl sites for hydroxylation is 1. The summed E-state index contributed by atoms with van der Waals surface area (Å²) in [7, 11) is 0. The number of hydrogen-bond donors (Lipinski definition) is 0. The zero-order valence-electron chi connectivity index (χ0n) is 12.9. The first-order valence-electron chi connectivity index (χ1n) is 8.03. The molecule has 1 saturated heterocycles. The second-order valence-corrected chi connectivity index (χ2v) is 6.38. The predicted molar refractivity (Wildman–Crippen MR) is 80.1 cm³/mol. The summed E-state index contributed by atoms with van der Waals surface area (Å²) in [4.78, 5) is 2.53. The fraction of sp³-hybridized carbons (Fsp3) is 0.625. The summed E-state index contributed by atoms with van der Waals surface area (Å²) in [5, 5.41) is 7.78. The summed E-state index contributed by atoms with van der Waals surface area (Å²) in [6.45, 7) is 5.62. The van der Waals surface area contributed by atoms with Crippen molar-refractivity contribution in [3.8, 4) is 0 Å². The molecule has 2 aromatic heterocycles. The zero-order chi connectivity index (χ0) is 14.9. The van der Waals surface area contributed by atoms with Crippen LogP contribution in [-0.2, 0) is 17.8 Å². The van der Waals surface area contributed by atoms with Gasteiger partial charge in [-0.2, -0.15) is 0 Å². The minimum absolute atomic E-state index is 0.312. The van der Waals surface area contributed by atoms with Gasteiger partial charge in [-0.3, -0.25) is 4.90 Å². The van der Waals surface area contributed by atoms with Crippen LogP contribution in [0.15, 0.2) is 29.2 Å². The Kier molecular flexibility index (Phi) is 3.72. The normalized spacial score (nSPS) is 28.9. The second-order valence-electron chi connectivity index (χ2n) is 6.38. The number of nitrogens with zero attached hydrogens (tertiary/aromatic N) is 4. The van der Waals surface area contributed by atoms with E-state index in [0.717, 1.165) is 37.8 Å². The number of furan rings is 1.